The molecule has 11 nitrogen and oxygen atoms in total. The van der Waals surface area contributed by atoms with Gasteiger partial charge in [0.1, 0.15) is 35.7 Å². The molecule has 6 atom stereocenters. The number of nitrogens with one attached hydrogen (secondary N) is 1. The van der Waals surface area contributed by atoms with E-state index in [0.29, 0.717) is 35.9 Å². The van der Waals surface area contributed by atoms with Gasteiger partial charge in [-0.25, -0.2) is 19.6 Å². The zero-order valence-corrected chi connectivity index (χ0v) is 28.9. The van der Waals surface area contributed by atoms with Gasteiger partial charge in [-0.1, -0.05) is 52.9 Å². The molecule has 2 amide bonds. The number of nitrogens with zero attached hydrogens (tertiary/aromatic N) is 3. The van der Waals surface area contributed by atoms with Crippen molar-refractivity contribution in [3.8, 4) is 11.6 Å². The summed E-state index contributed by atoms with van der Waals surface area (Å²) in [5.41, 5.74) is 2.18. The van der Waals surface area contributed by atoms with Gasteiger partial charge in [-0.05, 0) is 74.8 Å². The highest BCUT2D eigenvalue weighted by atomic mass is 16.6. The van der Waals surface area contributed by atoms with Crippen LogP contribution in [0.4, 0.5) is 4.79 Å². The molecule has 6 unspecified atom stereocenters. The van der Waals surface area contributed by atoms with Crippen molar-refractivity contribution in [3.63, 3.8) is 0 Å². The van der Waals surface area contributed by atoms with Crippen molar-refractivity contribution in [3.05, 3.63) is 23.9 Å². The highest BCUT2D eigenvalue weighted by molar-refractivity contribution is 5.91. The van der Waals surface area contributed by atoms with Crippen LogP contribution in [0, 0.1) is 23.7 Å². The largest absolute Gasteiger partial charge is 0.497 e. The van der Waals surface area contributed by atoms with E-state index in [0.717, 1.165) is 75.4 Å². The van der Waals surface area contributed by atoms with E-state index in [4.69, 9.17) is 28.9 Å². The summed E-state index contributed by atoms with van der Waals surface area (Å²) < 4.78 is 23.9. The minimum atomic E-state index is -0.859. The number of amides is 2. The van der Waals surface area contributed by atoms with Gasteiger partial charge >= 0.3 is 12.1 Å². The van der Waals surface area contributed by atoms with Crippen LogP contribution in [-0.4, -0.2) is 77.4 Å². The Morgan fingerprint density at radius 3 is 2.46 bits per heavy atom. The summed E-state index contributed by atoms with van der Waals surface area (Å²) in [6, 6.07) is 3.97. The standard InChI is InChI=1S/C37H52N4O7/c1-5-26-31-20-41(33(26)36(43)46-21-22(2)3)35(42)32(23-12-8-6-9-13-23)40-37(44)48-30-18-24(30)14-10-7-11-15-28-34(47-31)39-29-19-25(45-4)16-17-27(29)38-28/h16-17,19,22-24,26,30-33H,5-15,18,20-21H2,1-4H3,(H,40,44). The number of esters is 1. The van der Waals surface area contributed by atoms with E-state index >= 15 is 0 Å². The van der Waals surface area contributed by atoms with Crippen LogP contribution in [-0.2, 0) is 25.5 Å². The normalized spacial score (nSPS) is 28.7. The van der Waals surface area contributed by atoms with E-state index in [9.17, 15) is 14.4 Å². The van der Waals surface area contributed by atoms with Crippen molar-refractivity contribution in [1.82, 2.24) is 20.2 Å². The van der Waals surface area contributed by atoms with Crippen LogP contribution < -0.4 is 14.8 Å². The van der Waals surface area contributed by atoms with Gasteiger partial charge in [-0.2, -0.15) is 0 Å². The van der Waals surface area contributed by atoms with E-state index in [2.05, 4.69) is 5.32 Å². The number of benzene rings is 1. The molecule has 0 radical (unpaired) electrons. The summed E-state index contributed by atoms with van der Waals surface area (Å²) in [7, 11) is 1.62. The summed E-state index contributed by atoms with van der Waals surface area (Å²) in [6.45, 7) is 6.39. The Hall–Kier alpha value is -3.63. The SMILES string of the molecule is CCC1C2CN(C(=O)C(C3CCCCC3)NC(=O)OC3CC3CCCCCc3nc4ccc(OC)cc4nc3O2)C1C(=O)OCC(C)C. The number of hydrogen-bond donors (Lipinski definition) is 1. The number of hydrogen-bond acceptors (Lipinski definition) is 9. The lowest BCUT2D eigenvalue weighted by atomic mass is 9.83. The Morgan fingerprint density at radius 1 is 0.979 bits per heavy atom. The third kappa shape index (κ3) is 7.81. The quantitative estimate of drug-likeness (QED) is 0.370. The van der Waals surface area contributed by atoms with Crippen molar-refractivity contribution < 1.29 is 33.3 Å². The van der Waals surface area contributed by atoms with Crippen LogP contribution in [0.3, 0.4) is 0 Å². The van der Waals surface area contributed by atoms with Gasteiger partial charge in [0.15, 0.2) is 0 Å². The fraction of sp³-hybridized carbons (Fsp3) is 0.703. The lowest BCUT2D eigenvalue weighted by Crippen LogP contribution is -2.56. The highest BCUT2D eigenvalue weighted by Gasteiger charge is 2.52. The van der Waals surface area contributed by atoms with E-state index in [-0.39, 0.29) is 42.9 Å². The van der Waals surface area contributed by atoms with E-state index in [1.165, 1.54) is 0 Å². The molecule has 2 bridgehead atoms. The number of aromatic nitrogens is 2. The van der Waals surface area contributed by atoms with Gasteiger partial charge in [0.25, 0.3) is 0 Å². The van der Waals surface area contributed by atoms with E-state index in [1.807, 2.05) is 39.0 Å². The summed E-state index contributed by atoms with van der Waals surface area (Å²) >= 11 is 0. The lowest BCUT2D eigenvalue weighted by Gasteiger charge is -2.34. The predicted octanol–water partition coefficient (Wildman–Crippen LogP) is 6.00. The lowest BCUT2D eigenvalue weighted by molar-refractivity contribution is -0.156. The second-order valence-corrected chi connectivity index (χ2v) is 14.6. The minimum absolute atomic E-state index is 0.0419. The zero-order chi connectivity index (χ0) is 33.8. The van der Waals surface area contributed by atoms with Crippen LogP contribution in [0.5, 0.6) is 11.6 Å². The number of ether oxygens (including phenoxy) is 4. The Balaban J connectivity index is 1.38. The van der Waals surface area contributed by atoms with Gasteiger partial charge in [-0.15, -0.1) is 0 Å². The van der Waals surface area contributed by atoms with E-state index < -0.39 is 30.3 Å². The van der Waals surface area contributed by atoms with Gasteiger partial charge in [0, 0.05) is 12.0 Å². The smallest absolute Gasteiger partial charge is 0.408 e. The monoisotopic (exact) mass is 664 g/mol. The zero-order valence-electron chi connectivity index (χ0n) is 28.9. The molecule has 6 rings (SSSR count). The molecule has 1 saturated heterocycles. The Morgan fingerprint density at radius 2 is 1.73 bits per heavy atom. The molecular formula is C37H52N4O7. The van der Waals surface area contributed by atoms with Crippen LogP contribution in [0.2, 0.25) is 0 Å². The number of rotatable bonds is 6. The third-order valence-electron chi connectivity index (χ3n) is 10.6. The molecule has 0 spiro atoms. The number of fused-ring (bicyclic) bond motifs is 5. The predicted molar refractivity (Wildman–Crippen MR) is 180 cm³/mol. The minimum Gasteiger partial charge on any atom is -0.497 e. The molecule has 2 saturated carbocycles. The Bertz CT molecular complexity index is 1460. The van der Waals surface area contributed by atoms with Crippen LogP contribution in [0.1, 0.15) is 97.1 Å². The molecule has 1 aromatic carbocycles. The first kappa shape index (κ1) is 34.2. The summed E-state index contributed by atoms with van der Waals surface area (Å²) in [6.07, 6.45) is 9.60. The second kappa shape index (κ2) is 15.3. The maximum atomic E-state index is 14.7. The van der Waals surface area contributed by atoms with Crippen LogP contribution in [0.15, 0.2) is 18.2 Å². The third-order valence-corrected chi connectivity index (χ3v) is 10.6. The Labute approximate surface area is 283 Å². The molecule has 2 aliphatic heterocycles. The molecule has 262 valence electrons. The molecule has 1 N–H and O–H groups in total. The topological polar surface area (TPSA) is 129 Å². The van der Waals surface area contributed by atoms with Crippen LogP contribution >= 0.6 is 0 Å². The van der Waals surface area contributed by atoms with Crippen molar-refractivity contribution in [1.29, 1.82) is 0 Å². The molecule has 1 aromatic heterocycles. The Kier molecular flexibility index (Phi) is 10.9. The number of methoxy groups -OCH3 is 1. The molecule has 11 heteroatoms. The average Bonchev–Trinajstić information content (AvgIpc) is 3.71. The van der Waals surface area contributed by atoms with Crippen molar-refractivity contribution in [2.75, 3.05) is 20.3 Å². The van der Waals surface area contributed by atoms with Crippen molar-refractivity contribution in [2.45, 2.75) is 122 Å². The first-order valence-corrected chi connectivity index (χ1v) is 18.2. The number of carbonyl (C=O) groups is 3. The summed E-state index contributed by atoms with van der Waals surface area (Å²) in [5, 5.41) is 2.99. The van der Waals surface area contributed by atoms with E-state index in [1.54, 1.807) is 12.0 Å². The maximum Gasteiger partial charge on any atom is 0.408 e. The molecular weight excluding hydrogens is 612 g/mol. The average molecular weight is 665 g/mol. The number of carbonyl (C=O) groups excluding carboxylic acids is 3. The van der Waals surface area contributed by atoms with Crippen LogP contribution in [0.25, 0.3) is 11.0 Å². The maximum absolute atomic E-state index is 14.7. The summed E-state index contributed by atoms with van der Waals surface area (Å²) in [5.74, 6) is 0.470. The molecule has 4 aliphatic rings. The van der Waals surface area contributed by atoms with Crippen molar-refractivity contribution >= 4 is 29.0 Å². The van der Waals surface area contributed by atoms with Gasteiger partial charge in [0.05, 0.1) is 31.3 Å². The molecule has 48 heavy (non-hydrogen) atoms. The molecule has 2 aromatic rings. The van der Waals surface area contributed by atoms with Gasteiger partial charge in [-0.3, -0.25) is 4.79 Å². The number of aryl methyl sites for hydroxylation is 1. The first-order valence-electron chi connectivity index (χ1n) is 18.2. The molecule has 3 fully saturated rings. The van der Waals surface area contributed by atoms with Crippen molar-refractivity contribution in [2.24, 2.45) is 23.7 Å². The first-order chi connectivity index (χ1) is 23.2. The number of alkyl carbamates (subject to hydrolysis) is 1. The molecule has 3 heterocycles. The highest BCUT2D eigenvalue weighted by Crippen LogP contribution is 2.39. The summed E-state index contributed by atoms with van der Waals surface area (Å²) in [4.78, 5) is 53.4. The fourth-order valence-electron chi connectivity index (χ4n) is 7.80. The molecule has 2 aliphatic carbocycles. The fourth-order valence-corrected chi connectivity index (χ4v) is 7.80. The second-order valence-electron chi connectivity index (χ2n) is 14.6. The van der Waals surface area contributed by atoms with Gasteiger partial charge in [0.2, 0.25) is 11.8 Å². The van der Waals surface area contributed by atoms with Gasteiger partial charge < -0.3 is 29.2 Å².